The highest BCUT2D eigenvalue weighted by atomic mass is 32.2. The maximum absolute atomic E-state index is 14.6. The average molecular weight is 1020 g/mol. The van der Waals surface area contributed by atoms with E-state index in [0.29, 0.717) is 25.3 Å². The molecule has 4 aliphatic rings. The Morgan fingerprint density at radius 2 is 1.54 bits per heavy atom. The summed E-state index contributed by atoms with van der Waals surface area (Å²) in [5.74, 6) is -2.64. The fourth-order valence-electron chi connectivity index (χ4n) is 11.5. The SMILES string of the molecule is CCCN([C@H]1C[C@@H](C)O[C@@H](O[C@@H]2[C@@H](C)[C@H](O[C@H]3C[C@@](C)(OC)[C@](O)(CN4CCCCC4)[C@H](C)O3)[C@@H](C)C(=O)O[C@H](CC)[C@@](C)(O)[C@H](O)[C@@H](C)NC[C@H](C)C[C@@]2(C)O)[C@@H]1O)S(=O)(=O)c1ccc(OC)cc1. The third-order valence-electron chi connectivity index (χ3n) is 15.9. The Morgan fingerprint density at radius 1 is 0.900 bits per heavy atom. The number of sulfonamides is 1. The Morgan fingerprint density at radius 3 is 2.13 bits per heavy atom. The van der Waals surface area contributed by atoms with Crippen LogP contribution in [0, 0.1) is 17.8 Å². The lowest BCUT2D eigenvalue weighted by Gasteiger charge is -2.55. The van der Waals surface area contributed by atoms with E-state index in [4.69, 9.17) is 33.2 Å². The van der Waals surface area contributed by atoms with Gasteiger partial charge in [-0.2, -0.15) is 4.31 Å². The van der Waals surface area contributed by atoms with Crippen molar-refractivity contribution >= 4 is 16.0 Å². The average Bonchev–Trinajstić information content (AvgIpc) is 3.31. The fraction of sp³-hybridized carbons (Fsp3) is 0.863. The van der Waals surface area contributed by atoms with Crippen molar-refractivity contribution in [2.45, 2.75) is 222 Å². The number of nitrogens with one attached hydrogen (secondary N) is 1. The molecule has 0 aromatic heterocycles. The molecule has 0 radical (unpaired) electrons. The number of aliphatic hydroxyl groups excluding tert-OH is 2. The summed E-state index contributed by atoms with van der Waals surface area (Å²) < 4.78 is 74.5. The molecule has 0 amide bonds. The van der Waals surface area contributed by atoms with Gasteiger partial charge in [-0.1, -0.05) is 34.1 Å². The van der Waals surface area contributed by atoms with Crippen LogP contribution in [-0.4, -0.2) is 186 Å². The Bertz CT molecular complexity index is 1920. The fourth-order valence-corrected chi connectivity index (χ4v) is 13.3. The van der Waals surface area contributed by atoms with Gasteiger partial charge in [-0.3, -0.25) is 4.79 Å². The van der Waals surface area contributed by atoms with E-state index in [-0.39, 0.29) is 43.0 Å². The zero-order valence-corrected chi connectivity index (χ0v) is 45.0. The summed E-state index contributed by atoms with van der Waals surface area (Å²) in [6.07, 6.45) is -6.45. The number of aliphatic hydroxyl groups is 5. The molecule has 4 aliphatic heterocycles. The van der Waals surface area contributed by atoms with Crippen LogP contribution in [0.5, 0.6) is 5.75 Å². The lowest BCUT2D eigenvalue weighted by Crippen LogP contribution is -2.70. The van der Waals surface area contributed by atoms with Crippen LogP contribution in [-0.2, 0) is 43.2 Å². The monoisotopic (exact) mass is 1020 g/mol. The first kappa shape index (κ1) is 58.8. The first-order chi connectivity index (χ1) is 32.7. The molecule has 404 valence electrons. The Balaban J connectivity index is 1.58. The molecule has 4 saturated heterocycles. The van der Waals surface area contributed by atoms with Gasteiger partial charge < -0.3 is 68.9 Å². The highest BCUT2D eigenvalue weighted by molar-refractivity contribution is 7.89. The van der Waals surface area contributed by atoms with Gasteiger partial charge in [0, 0.05) is 38.6 Å². The summed E-state index contributed by atoms with van der Waals surface area (Å²) in [7, 11) is -1.14. The maximum Gasteiger partial charge on any atom is 0.311 e. The van der Waals surface area contributed by atoms with E-state index in [1.165, 1.54) is 30.5 Å². The zero-order chi connectivity index (χ0) is 52.1. The molecule has 18 nitrogen and oxygen atoms in total. The number of β-amino-alcohol motifs (C(OH)–C–C–N with tert-alkyl or cyclic N) is 1. The van der Waals surface area contributed by atoms with E-state index in [9.17, 15) is 38.7 Å². The smallest absolute Gasteiger partial charge is 0.311 e. The zero-order valence-electron chi connectivity index (χ0n) is 44.2. The second-order valence-corrected chi connectivity index (χ2v) is 23.6. The molecule has 0 saturated carbocycles. The molecular weight excluding hydrogens is 927 g/mol. The minimum Gasteiger partial charge on any atom is -0.497 e. The van der Waals surface area contributed by atoms with Crippen LogP contribution in [0.4, 0.5) is 0 Å². The summed E-state index contributed by atoms with van der Waals surface area (Å²) in [6.45, 7) is 21.4. The van der Waals surface area contributed by atoms with Crippen LogP contribution in [0.15, 0.2) is 29.2 Å². The summed E-state index contributed by atoms with van der Waals surface area (Å²) in [6, 6.07) is 4.38. The number of esters is 1. The molecular formula is C51H89N3O15S. The molecule has 18 atom stereocenters. The highest BCUT2D eigenvalue weighted by Crippen LogP contribution is 2.44. The van der Waals surface area contributed by atoms with Crippen LogP contribution in [0.2, 0.25) is 0 Å². The van der Waals surface area contributed by atoms with E-state index in [1.807, 2.05) is 20.8 Å². The van der Waals surface area contributed by atoms with Crippen LogP contribution in [0.3, 0.4) is 0 Å². The number of likely N-dealkylation sites (tertiary alicyclic amines) is 1. The molecule has 1 aromatic rings. The second kappa shape index (κ2) is 24.1. The van der Waals surface area contributed by atoms with E-state index in [2.05, 4.69) is 10.2 Å². The summed E-state index contributed by atoms with van der Waals surface area (Å²) in [4.78, 5) is 16.9. The predicted molar refractivity (Wildman–Crippen MR) is 262 cm³/mol. The van der Waals surface area contributed by atoms with Gasteiger partial charge >= 0.3 is 5.97 Å². The molecule has 4 heterocycles. The lowest BCUT2D eigenvalue weighted by molar-refractivity contribution is -0.339. The summed E-state index contributed by atoms with van der Waals surface area (Å²) in [5.41, 5.74) is -6.28. The number of cyclic esters (lactones) is 1. The number of nitrogens with zero attached hydrogens (tertiary/aromatic N) is 2. The standard InChI is InChI=1S/C51H89N3O15S/c1-14-23-54(70(61,62)38-21-19-37(63-12)20-22-38)39-26-32(4)65-47(42(39)55)69-45-33(5)43(68-41-28-49(10,64-13)51(60,36(8)66-41)30-53-24-17-16-18-25-53)34(6)46(57)67-40(15-2)50(11,59)44(56)35(7)52-29-31(3)27-48(45,9)58/h19-22,31-36,39-45,47,52,55-56,58-60H,14-18,23-30H2,1-13H3/t31-,32-,33+,34-,35-,36+,39+,40-,41+,42-,43+,44-,45-,47+,48-,49-,50-,51+/m1/s1. The van der Waals surface area contributed by atoms with E-state index in [1.54, 1.807) is 67.7 Å². The molecule has 0 spiro atoms. The Kier molecular flexibility index (Phi) is 20.2. The Hall–Kier alpha value is -2.08. The molecule has 4 fully saturated rings. The molecule has 6 N–H and O–H groups in total. The number of carbonyl (C=O) groups is 1. The van der Waals surface area contributed by atoms with E-state index in [0.717, 1.165) is 32.4 Å². The molecule has 0 unspecified atom stereocenters. The molecule has 5 rings (SSSR count). The quantitative estimate of drug-likeness (QED) is 0.145. The maximum atomic E-state index is 14.6. The third kappa shape index (κ3) is 12.9. The van der Waals surface area contributed by atoms with Crippen molar-refractivity contribution in [3.63, 3.8) is 0 Å². The molecule has 0 aliphatic carbocycles. The van der Waals surface area contributed by atoms with E-state index >= 15 is 0 Å². The van der Waals surface area contributed by atoms with Crippen LogP contribution < -0.4 is 10.1 Å². The number of hydrogen-bond donors (Lipinski definition) is 6. The van der Waals surface area contributed by atoms with Gasteiger partial charge in [-0.25, -0.2) is 8.42 Å². The van der Waals surface area contributed by atoms with Crippen molar-refractivity contribution in [2.24, 2.45) is 17.8 Å². The number of rotatable bonds is 14. The van der Waals surface area contributed by atoms with Gasteiger partial charge in [-0.05, 0) is 137 Å². The van der Waals surface area contributed by atoms with Crippen LogP contribution in [0.25, 0.3) is 0 Å². The largest absolute Gasteiger partial charge is 0.497 e. The molecule has 70 heavy (non-hydrogen) atoms. The van der Waals surface area contributed by atoms with Gasteiger partial charge in [-0.15, -0.1) is 0 Å². The number of hydrogen-bond acceptors (Lipinski definition) is 17. The van der Waals surface area contributed by atoms with Gasteiger partial charge in [0.25, 0.3) is 0 Å². The summed E-state index contributed by atoms with van der Waals surface area (Å²) in [5, 5.41) is 64.4. The van der Waals surface area contributed by atoms with Gasteiger partial charge in [0.05, 0.1) is 54.0 Å². The molecule has 0 bridgehead atoms. The number of carbonyl (C=O) groups excluding carboxylic acids is 1. The first-order valence-corrected chi connectivity index (χ1v) is 27.2. The van der Waals surface area contributed by atoms with Gasteiger partial charge in [0.15, 0.2) is 12.6 Å². The van der Waals surface area contributed by atoms with Crippen molar-refractivity contribution in [1.29, 1.82) is 0 Å². The van der Waals surface area contributed by atoms with Crippen molar-refractivity contribution < 1.29 is 71.9 Å². The van der Waals surface area contributed by atoms with Gasteiger partial charge in [0.1, 0.15) is 40.9 Å². The Labute approximate surface area is 418 Å². The van der Waals surface area contributed by atoms with Crippen molar-refractivity contribution in [3.8, 4) is 5.75 Å². The second-order valence-electron chi connectivity index (χ2n) is 21.7. The summed E-state index contributed by atoms with van der Waals surface area (Å²) >= 11 is 0. The number of ether oxygens (including phenoxy) is 7. The first-order valence-electron chi connectivity index (χ1n) is 25.7. The molecule has 19 heteroatoms. The lowest BCUT2D eigenvalue weighted by atomic mass is 9.74. The predicted octanol–water partition coefficient (Wildman–Crippen LogP) is 3.96. The van der Waals surface area contributed by atoms with Crippen molar-refractivity contribution in [2.75, 3.05) is 46.9 Å². The highest BCUT2D eigenvalue weighted by Gasteiger charge is 2.59. The number of piperidine rings is 1. The topological polar surface area (TPSA) is 235 Å². The van der Waals surface area contributed by atoms with Crippen molar-refractivity contribution in [3.05, 3.63) is 24.3 Å². The minimum atomic E-state index is -4.17. The van der Waals surface area contributed by atoms with Crippen molar-refractivity contribution in [1.82, 2.24) is 14.5 Å². The normalized spacial score (nSPS) is 42.4. The van der Waals surface area contributed by atoms with E-state index < -0.39 is 118 Å². The number of benzene rings is 1. The van der Waals surface area contributed by atoms with Crippen LogP contribution >= 0.6 is 0 Å². The minimum absolute atomic E-state index is 0.0230. The van der Waals surface area contributed by atoms with Gasteiger partial charge in [0.2, 0.25) is 10.0 Å². The van der Waals surface area contributed by atoms with Crippen LogP contribution in [0.1, 0.15) is 128 Å². The molecule has 1 aromatic carbocycles. The third-order valence-corrected chi connectivity index (χ3v) is 17.9. The number of methoxy groups -OCH3 is 2.